The van der Waals surface area contributed by atoms with Crippen LogP contribution in [0.5, 0.6) is 11.5 Å². The number of nitrogens with zero attached hydrogens (tertiary/aromatic N) is 1. The van der Waals surface area contributed by atoms with Crippen LogP contribution in [-0.2, 0) is 4.74 Å². The van der Waals surface area contributed by atoms with E-state index in [4.69, 9.17) is 14.2 Å². The maximum absolute atomic E-state index is 13.2. The number of hydrogen-bond donors (Lipinski definition) is 1. The number of amides is 1. The molecule has 0 aromatic heterocycles. The van der Waals surface area contributed by atoms with Crippen molar-refractivity contribution in [2.45, 2.75) is 43.6 Å². The number of carbonyl (C=O) groups excluding carboxylic acids is 3. The van der Waals surface area contributed by atoms with Gasteiger partial charge in [0.2, 0.25) is 0 Å². The number of hydrogen-bond acceptors (Lipinski definition) is 7. The second-order valence-electron chi connectivity index (χ2n) is 10.3. The average molecular weight is 545 g/mol. The molecule has 1 fully saturated rings. The van der Waals surface area contributed by atoms with Crippen LogP contribution in [0, 0.1) is 0 Å². The number of rotatable bonds is 9. The van der Waals surface area contributed by atoms with E-state index in [1.165, 1.54) is 31.3 Å². The van der Waals surface area contributed by atoms with E-state index in [0.29, 0.717) is 29.2 Å². The topological polar surface area (TPSA) is 94.2 Å². The molecule has 0 spiro atoms. The molecule has 0 heterocycles. The highest BCUT2D eigenvalue weighted by molar-refractivity contribution is 5.91. The Bertz CT molecular complexity index is 1280. The van der Waals surface area contributed by atoms with Gasteiger partial charge in [-0.3, -0.25) is 0 Å². The minimum Gasteiger partial charge on any atom is -0.455 e. The molecule has 3 aromatic carbocycles. The van der Waals surface area contributed by atoms with Crippen molar-refractivity contribution >= 4 is 18.0 Å². The number of likely N-dealkylation sites (N-methyl/N-ethyl adjacent to an activating group) is 1. The van der Waals surface area contributed by atoms with Crippen LogP contribution in [0.2, 0.25) is 0 Å². The summed E-state index contributed by atoms with van der Waals surface area (Å²) >= 11 is 0. The highest BCUT2D eigenvalue weighted by Gasteiger charge is 2.44. The van der Waals surface area contributed by atoms with E-state index in [1.807, 2.05) is 44.4 Å². The monoisotopic (exact) mass is 544 g/mol. The van der Waals surface area contributed by atoms with Crippen LogP contribution in [0.25, 0.3) is 0 Å². The third kappa shape index (κ3) is 7.27. The molecule has 3 aromatic rings. The molecule has 1 aliphatic rings. The van der Waals surface area contributed by atoms with Crippen molar-refractivity contribution in [2.75, 3.05) is 27.7 Å². The van der Waals surface area contributed by atoms with Gasteiger partial charge in [-0.05, 0) is 93.9 Å². The SMILES string of the molecule is CNC(=O)Oc1ccc(C(=O)Oc2ccc(C(CN(C)C)C3(OC(=O)c4ccccc4)CCCCC3)cc2)cc1. The summed E-state index contributed by atoms with van der Waals surface area (Å²) in [6.45, 7) is 0.700. The fourth-order valence-electron chi connectivity index (χ4n) is 5.18. The molecule has 40 heavy (non-hydrogen) atoms. The molecule has 1 aliphatic carbocycles. The zero-order chi connectivity index (χ0) is 28.5. The first-order valence-corrected chi connectivity index (χ1v) is 13.5. The summed E-state index contributed by atoms with van der Waals surface area (Å²) in [7, 11) is 5.50. The quantitative estimate of drug-likeness (QED) is 0.268. The predicted molar refractivity (Wildman–Crippen MR) is 152 cm³/mol. The first-order chi connectivity index (χ1) is 19.3. The molecule has 0 aliphatic heterocycles. The maximum atomic E-state index is 13.2. The third-order valence-electron chi connectivity index (χ3n) is 7.19. The molecular formula is C32H36N2O6. The summed E-state index contributed by atoms with van der Waals surface area (Å²) in [4.78, 5) is 39.4. The summed E-state index contributed by atoms with van der Waals surface area (Å²) in [6.07, 6.45) is 4.10. The van der Waals surface area contributed by atoms with Crippen molar-refractivity contribution in [1.29, 1.82) is 0 Å². The number of nitrogens with one attached hydrogen (secondary N) is 1. The largest absolute Gasteiger partial charge is 0.455 e. The van der Waals surface area contributed by atoms with E-state index in [9.17, 15) is 14.4 Å². The van der Waals surface area contributed by atoms with Gasteiger partial charge in [0.1, 0.15) is 17.1 Å². The van der Waals surface area contributed by atoms with Gasteiger partial charge in [0.05, 0.1) is 11.1 Å². The van der Waals surface area contributed by atoms with Gasteiger partial charge in [0, 0.05) is 19.5 Å². The summed E-state index contributed by atoms with van der Waals surface area (Å²) in [6, 6.07) is 22.7. The lowest BCUT2D eigenvalue weighted by atomic mass is 9.72. The Balaban J connectivity index is 1.52. The van der Waals surface area contributed by atoms with Crippen molar-refractivity contribution < 1.29 is 28.6 Å². The lowest BCUT2D eigenvalue weighted by Gasteiger charge is -2.44. The zero-order valence-corrected chi connectivity index (χ0v) is 23.2. The van der Waals surface area contributed by atoms with Gasteiger partial charge >= 0.3 is 18.0 Å². The molecule has 1 unspecified atom stereocenters. The number of carbonyl (C=O) groups is 3. The van der Waals surface area contributed by atoms with Gasteiger partial charge in [-0.15, -0.1) is 0 Å². The van der Waals surface area contributed by atoms with E-state index in [-0.39, 0.29) is 11.9 Å². The Morgan fingerprint density at radius 3 is 1.95 bits per heavy atom. The van der Waals surface area contributed by atoms with Crippen molar-refractivity contribution in [2.24, 2.45) is 0 Å². The average Bonchev–Trinajstić information content (AvgIpc) is 2.97. The lowest BCUT2D eigenvalue weighted by molar-refractivity contribution is -0.0575. The highest BCUT2D eigenvalue weighted by atomic mass is 16.6. The fraction of sp³-hybridized carbons (Fsp3) is 0.344. The molecule has 4 rings (SSSR count). The van der Waals surface area contributed by atoms with Crippen LogP contribution < -0.4 is 14.8 Å². The van der Waals surface area contributed by atoms with Gasteiger partial charge in [0.25, 0.3) is 0 Å². The second kappa shape index (κ2) is 13.3. The first kappa shape index (κ1) is 28.8. The Morgan fingerprint density at radius 2 is 1.35 bits per heavy atom. The second-order valence-corrected chi connectivity index (χ2v) is 10.3. The molecule has 0 saturated heterocycles. The summed E-state index contributed by atoms with van der Waals surface area (Å²) in [5.74, 6) is -0.167. The summed E-state index contributed by atoms with van der Waals surface area (Å²) in [5.41, 5.74) is 1.26. The van der Waals surface area contributed by atoms with Gasteiger partial charge in [-0.25, -0.2) is 14.4 Å². The van der Waals surface area contributed by atoms with Crippen molar-refractivity contribution in [3.05, 3.63) is 95.6 Å². The molecule has 0 radical (unpaired) electrons. The Hall–Kier alpha value is -4.17. The lowest BCUT2D eigenvalue weighted by Crippen LogP contribution is -2.46. The van der Waals surface area contributed by atoms with E-state index in [2.05, 4.69) is 10.2 Å². The highest BCUT2D eigenvalue weighted by Crippen LogP contribution is 2.44. The van der Waals surface area contributed by atoms with E-state index >= 15 is 0 Å². The number of esters is 2. The minimum absolute atomic E-state index is 0.0620. The molecule has 1 saturated carbocycles. The van der Waals surface area contributed by atoms with Crippen LogP contribution in [0.1, 0.15) is 64.3 Å². The smallest absolute Gasteiger partial charge is 0.412 e. The van der Waals surface area contributed by atoms with E-state index in [1.54, 1.807) is 24.3 Å². The van der Waals surface area contributed by atoms with Crippen LogP contribution in [0.4, 0.5) is 4.79 Å². The van der Waals surface area contributed by atoms with Crippen LogP contribution in [0.15, 0.2) is 78.9 Å². The molecule has 8 heteroatoms. The molecule has 1 amide bonds. The molecule has 1 N–H and O–H groups in total. The molecule has 8 nitrogen and oxygen atoms in total. The minimum atomic E-state index is -0.633. The molecule has 0 bridgehead atoms. The van der Waals surface area contributed by atoms with Crippen LogP contribution in [0.3, 0.4) is 0 Å². The normalized spacial score (nSPS) is 15.1. The van der Waals surface area contributed by atoms with Gasteiger partial charge < -0.3 is 24.4 Å². The van der Waals surface area contributed by atoms with Crippen molar-refractivity contribution in [3.8, 4) is 11.5 Å². The molecule has 210 valence electrons. The number of ether oxygens (including phenoxy) is 3. The third-order valence-corrected chi connectivity index (χ3v) is 7.19. The summed E-state index contributed by atoms with van der Waals surface area (Å²) in [5, 5.41) is 2.37. The first-order valence-electron chi connectivity index (χ1n) is 13.5. The Kier molecular flexibility index (Phi) is 9.56. The molecule has 1 atom stereocenters. The van der Waals surface area contributed by atoms with Gasteiger partial charge in [-0.1, -0.05) is 36.8 Å². The van der Waals surface area contributed by atoms with Crippen LogP contribution >= 0.6 is 0 Å². The maximum Gasteiger partial charge on any atom is 0.412 e. The van der Waals surface area contributed by atoms with Gasteiger partial charge in [-0.2, -0.15) is 0 Å². The van der Waals surface area contributed by atoms with Crippen molar-refractivity contribution in [1.82, 2.24) is 10.2 Å². The predicted octanol–water partition coefficient (Wildman–Crippen LogP) is 5.83. The standard InChI is InChI=1S/C32H36N2O6/c1-33-31(37)39-27-18-14-25(15-19-27)29(35)38-26-16-12-23(13-17-26)28(22-34(2)3)32(20-8-5-9-21-32)40-30(36)24-10-6-4-7-11-24/h4,6-7,10-19,28H,5,8-9,20-22H2,1-3H3,(H,33,37). The Morgan fingerprint density at radius 1 is 0.775 bits per heavy atom. The Labute approximate surface area is 235 Å². The fourth-order valence-corrected chi connectivity index (χ4v) is 5.18. The summed E-state index contributed by atoms with van der Waals surface area (Å²) < 4.78 is 17.0. The van der Waals surface area contributed by atoms with Gasteiger partial charge in [0.15, 0.2) is 0 Å². The zero-order valence-electron chi connectivity index (χ0n) is 23.2. The number of benzene rings is 3. The van der Waals surface area contributed by atoms with Crippen LogP contribution in [-0.4, -0.2) is 56.2 Å². The van der Waals surface area contributed by atoms with Crippen molar-refractivity contribution in [3.63, 3.8) is 0 Å². The van der Waals surface area contributed by atoms with E-state index in [0.717, 1.165) is 37.7 Å². The molecular weight excluding hydrogens is 508 g/mol. The van der Waals surface area contributed by atoms with E-state index < -0.39 is 17.7 Å².